The van der Waals surface area contributed by atoms with Gasteiger partial charge < -0.3 is 29.7 Å². The lowest BCUT2D eigenvalue weighted by atomic mass is 10.0. The van der Waals surface area contributed by atoms with E-state index in [2.05, 4.69) is 34.6 Å². The smallest absolute Gasteiger partial charge is 0.408 e. The van der Waals surface area contributed by atoms with Gasteiger partial charge in [0, 0.05) is 29.3 Å². The molecule has 2 saturated heterocycles. The summed E-state index contributed by atoms with van der Waals surface area (Å²) in [4.78, 5) is 67.7. The molecule has 8 rings (SSSR count). The van der Waals surface area contributed by atoms with E-state index in [1.807, 2.05) is 48.8 Å². The van der Waals surface area contributed by atoms with E-state index < -0.39 is 74.3 Å². The Kier molecular flexibility index (Phi) is 11.5. The molecule has 5 atom stereocenters. The van der Waals surface area contributed by atoms with Crippen LogP contribution in [0.5, 0.6) is 6.01 Å². The minimum atomic E-state index is -4.00. The SMILES string of the molecule is CC(C)c1csc(-c2cccc3c2nc(O[C@@H]2C[C@H]4C(=O)N[C@]5(C(=O)NS(=O)(=O)C6(C)CC6)CC5/C=C\CCCCC[C@H](NC(=O)OC5COC5)C(=O)N4C2)n3C(C)C)n1. The monoisotopic (exact) mass is 865 g/mol. The number of alkyl carbamates (subject to hydrolysis) is 1. The fraction of sp³-hybridized carbons (Fsp3) is 0.619. The average Bonchev–Trinajstić information content (AvgIpc) is 3.84. The maximum absolute atomic E-state index is 14.7. The molecular weight excluding hydrogens is 811 g/mol. The highest BCUT2D eigenvalue weighted by molar-refractivity contribution is 7.91. The molecular formula is C42H55N7O9S2. The molecule has 0 bridgehead atoms. The molecule has 5 heterocycles. The summed E-state index contributed by atoms with van der Waals surface area (Å²) in [5.41, 5.74) is 1.89. The first kappa shape index (κ1) is 42.2. The third kappa shape index (κ3) is 8.26. The van der Waals surface area contributed by atoms with Gasteiger partial charge in [0.25, 0.3) is 11.9 Å². The van der Waals surface area contributed by atoms with Crippen molar-refractivity contribution in [2.45, 2.75) is 139 Å². The Balaban J connectivity index is 1.11. The van der Waals surface area contributed by atoms with Crippen molar-refractivity contribution in [1.82, 2.24) is 34.8 Å². The number of carbonyl (C=O) groups excluding carboxylic acids is 4. The maximum Gasteiger partial charge on any atom is 0.408 e. The van der Waals surface area contributed by atoms with Crippen LogP contribution in [0.15, 0.2) is 35.7 Å². The Labute approximate surface area is 354 Å². The molecule has 4 fully saturated rings. The van der Waals surface area contributed by atoms with Gasteiger partial charge in [-0.15, -0.1) is 11.3 Å². The summed E-state index contributed by atoms with van der Waals surface area (Å²) in [6, 6.07) is 4.03. The summed E-state index contributed by atoms with van der Waals surface area (Å²) in [5, 5.41) is 8.58. The second-order valence-corrected chi connectivity index (χ2v) is 20.8. The number of carbonyl (C=O) groups is 4. The number of rotatable bonds is 10. The van der Waals surface area contributed by atoms with Crippen molar-refractivity contribution in [2.75, 3.05) is 19.8 Å². The van der Waals surface area contributed by atoms with Crippen molar-refractivity contribution in [3.05, 3.63) is 41.4 Å². The minimum Gasteiger partial charge on any atom is -0.459 e. The number of imidazole rings is 1. The van der Waals surface area contributed by atoms with Gasteiger partial charge >= 0.3 is 6.09 Å². The standard InChI is InChI=1S/C42H55N7O9S2/c1-24(2)31-23-59-36(43-31)29-13-11-15-32-34(29)45-39(49(32)25(3)4)57-27-18-33-35(50)46-42(38(52)47-60(54,55)41(5)16-17-41)19-26(42)12-9-7-6-8-10-14-30(37(51)48(33)20-27)44-40(53)58-28-21-56-22-28/h9,11-13,15,23-28,30,33H,6-8,10,14,16-22H2,1-5H3,(H,44,53)(H,46,50)(H,47,52)/b12-9-/t26?,27-,30+,33+,42-/m1/s1. The number of allylic oxidation sites excluding steroid dienone is 1. The zero-order valence-corrected chi connectivity index (χ0v) is 36.4. The summed E-state index contributed by atoms with van der Waals surface area (Å²) in [6.07, 6.45) is 6.22. The number of sulfonamides is 1. The van der Waals surface area contributed by atoms with Gasteiger partial charge in [0.15, 0.2) is 6.10 Å². The van der Waals surface area contributed by atoms with Crippen molar-refractivity contribution < 1.29 is 41.8 Å². The molecule has 1 aromatic carbocycles. The lowest BCUT2D eigenvalue weighted by Gasteiger charge is -2.31. The first-order valence-corrected chi connectivity index (χ1v) is 23.5. The highest BCUT2D eigenvalue weighted by atomic mass is 32.2. The van der Waals surface area contributed by atoms with E-state index in [1.54, 1.807) is 18.3 Å². The predicted octanol–water partition coefficient (Wildman–Crippen LogP) is 5.10. The number of thiazole rings is 1. The summed E-state index contributed by atoms with van der Waals surface area (Å²) < 4.78 is 47.0. The first-order chi connectivity index (χ1) is 28.6. The van der Waals surface area contributed by atoms with Crippen LogP contribution in [0, 0.1) is 5.92 Å². The number of hydrogen-bond acceptors (Lipinski definition) is 12. The fourth-order valence-electron chi connectivity index (χ4n) is 8.23. The molecule has 3 aliphatic heterocycles. The van der Waals surface area contributed by atoms with E-state index >= 15 is 0 Å². The minimum absolute atomic E-state index is 0.0196. The zero-order valence-electron chi connectivity index (χ0n) is 34.8. The van der Waals surface area contributed by atoms with Crippen molar-refractivity contribution >= 4 is 56.2 Å². The van der Waals surface area contributed by atoms with Crippen LogP contribution in [-0.2, 0) is 33.9 Å². The Hall–Kier alpha value is -4.55. The summed E-state index contributed by atoms with van der Waals surface area (Å²) >= 11 is 1.55. The van der Waals surface area contributed by atoms with Crippen LogP contribution in [0.25, 0.3) is 21.6 Å². The molecule has 3 aromatic rings. The number of fused-ring (bicyclic) bond motifs is 3. The third-order valence-electron chi connectivity index (χ3n) is 12.5. The molecule has 2 saturated carbocycles. The van der Waals surface area contributed by atoms with Gasteiger partial charge in [-0.2, -0.15) is 4.98 Å². The Morgan fingerprint density at radius 2 is 1.85 bits per heavy atom. The Bertz CT molecular complexity index is 2300. The number of para-hydroxylation sites is 1. The van der Waals surface area contributed by atoms with E-state index in [-0.39, 0.29) is 44.6 Å². The summed E-state index contributed by atoms with van der Waals surface area (Å²) in [6.45, 7) is 10.4. The van der Waals surface area contributed by atoms with Crippen molar-refractivity contribution in [3.8, 4) is 16.6 Å². The molecule has 324 valence electrons. The molecule has 18 heteroatoms. The van der Waals surface area contributed by atoms with Gasteiger partial charge in [-0.25, -0.2) is 18.2 Å². The van der Waals surface area contributed by atoms with E-state index in [9.17, 15) is 27.6 Å². The van der Waals surface area contributed by atoms with Crippen LogP contribution < -0.4 is 20.1 Å². The topological polar surface area (TPSA) is 200 Å². The fourth-order valence-corrected chi connectivity index (χ4v) is 10.6. The van der Waals surface area contributed by atoms with E-state index in [4.69, 9.17) is 24.2 Å². The van der Waals surface area contributed by atoms with Crippen LogP contribution in [0.4, 0.5) is 4.79 Å². The highest BCUT2D eigenvalue weighted by Crippen LogP contribution is 2.48. The molecule has 0 spiro atoms. The molecule has 1 unspecified atom stereocenters. The Morgan fingerprint density at radius 3 is 2.53 bits per heavy atom. The number of benzene rings is 1. The lowest BCUT2D eigenvalue weighted by molar-refractivity contribution is -0.141. The van der Waals surface area contributed by atoms with E-state index in [0.717, 1.165) is 34.6 Å². The molecule has 5 aliphatic rings. The van der Waals surface area contributed by atoms with Gasteiger partial charge in [-0.3, -0.25) is 23.7 Å². The molecule has 0 radical (unpaired) electrons. The summed E-state index contributed by atoms with van der Waals surface area (Å²) in [7, 11) is -4.00. The number of hydrogen-bond donors (Lipinski definition) is 3. The maximum atomic E-state index is 14.7. The van der Waals surface area contributed by atoms with Crippen LogP contribution in [0.2, 0.25) is 0 Å². The van der Waals surface area contributed by atoms with Crippen molar-refractivity contribution in [1.29, 1.82) is 0 Å². The number of aromatic nitrogens is 3. The first-order valence-electron chi connectivity index (χ1n) is 21.1. The number of amides is 4. The normalized spacial score (nSPS) is 27.6. The highest BCUT2D eigenvalue weighted by Gasteiger charge is 2.63. The van der Waals surface area contributed by atoms with Crippen LogP contribution >= 0.6 is 11.3 Å². The van der Waals surface area contributed by atoms with Crippen LogP contribution in [-0.4, -0.2) is 106 Å². The van der Waals surface area contributed by atoms with Crippen LogP contribution in [0.1, 0.15) is 110 Å². The van der Waals surface area contributed by atoms with Gasteiger partial charge in [-0.05, 0) is 77.3 Å². The zero-order chi connectivity index (χ0) is 42.6. The van der Waals surface area contributed by atoms with Gasteiger partial charge in [0.1, 0.15) is 34.3 Å². The Morgan fingerprint density at radius 1 is 1.07 bits per heavy atom. The van der Waals surface area contributed by atoms with Crippen molar-refractivity contribution in [2.24, 2.45) is 5.92 Å². The van der Waals surface area contributed by atoms with Crippen molar-refractivity contribution in [3.63, 3.8) is 0 Å². The number of ether oxygens (including phenoxy) is 3. The molecule has 16 nitrogen and oxygen atoms in total. The largest absolute Gasteiger partial charge is 0.459 e. The summed E-state index contributed by atoms with van der Waals surface area (Å²) in [5.74, 6) is -2.09. The predicted molar refractivity (Wildman–Crippen MR) is 224 cm³/mol. The van der Waals surface area contributed by atoms with Gasteiger partial charge in [0.2, 0.25) is 21.8 Å². The molecule has 60 heavy (non-hydrogen) atoms. The number of nitrogens with zero attached hydrogens (tertiary/aromatic N) is 4. The quantitative estimate of drug-likeness (QED) is 0.229. The third-order valence-corrected chi connectivity index (χ3v) is 15.5. The lowest BCUT2D eigenvalue weighted by Crippen LogP contribution is -2.58. The van der Waals surface area contributed by atoms with E-state index in [0.29, 0.717) is 43.6 Å². The van der Waals surface area contributed by atoms with Crippen LogP contribution in [0.3, 0.4) is 0 Å². The number of nitrogens with one attached hydrogen (secondary N) is 3. The second-order valence-electron chi connectivity index (χ2n) is 17.7. The van der Waals surface area contributed by atoms with E-state index in [1.165, 1.54) is 4.90 Å². The molecule has 3 N–H and O–H groups in total. The molecule has 2 aromatic heterocycles. The van der Waals surface area contributed by atoms with Gasteiger partial charge in [-0.1, -0.05) is 44.9 Å². The molecule has 4 amide bonds. The second kappa shape index (κ2) is 16.4. The van der Waals surface area contributed by atoms with Gasteiger partial charge in [0.05, 0.1) is 35.7 Å². The molecule has 2 aliphatic carbocycles. The average molecular weight is 866 g/mol.